The van der Waals surface area contributed by atoms with Gasteiger partial charge in [-0.15, -0.1) is 0 Å². The van der Waals surface area contributed by atoms with Gasteiger partial charge in [-0.2, -0.15) is 0 Å². The molecule has 1 rings (SSSR count). The largest absolute Gasteiger partial charge is 0.478 e. The fraction of sp³-hybridized carbons (Fsp3) is 0.556. The third-order valence-corrected chi connectivity index (χ3v) is 2.09. The molecule has 1 aliphatic heterocycles. The number of ether oxygens (including phenoxy) is 2. The summed E-state index contributed by atoms with van der Waals surface area (Å²) >= 11 is 0. The van der Waals surface area contributed by atoms with Crippen molar-refractivity contribution in [2.24, 2.45) is 0 Å². The van der Waals surface area contributed by atoms with Crippen LogP contribution in [0.3, 0.4) is 0 Å². The van der Waals surface area contributed by atoms with Gasteiger partial charge in [0, 0.05) is 12.2 Å². The van der Waals surface area contributed by atoms with E-state index in [0.29, 0.717) is 12.2 Å². The van der Waals surface area contributed by atoms with E-state index in [1.807, 2.05) is 0 Å². The van der Waals surface area contributed by atoms with Crippen LogP contribution in [0, 0.1) is 0 Å². The third-order valence-electron chi connectivity index (χ3n) is 2.09. The normalized spacial score (nSPS) is 32.9. The Bertz CT molecular complexity index is 325. The van der Waals surface area contributed by atoms with E-state index < -0.39 is 43.1 Å². The monoisotopic (exact) mass is 248 g/mol. The van der Waals surface area contributed by atoms with Crippen molar-refractivity contribution in [2.75, 3.05) is 6.61 Å². The first-order chi connectivity index (χ1) is 7.95. The van der Waals surface area contributed by atoms with Crippen LogP contribution in [0.1, 0.15) is 0 Å². The van der Waals surface area contributed by atoms with Gasteiger partial charge in [-0.25, -0.2) is 9.59 Å². The summed E-state index contributed by atoms with van der Waals surface area (Å²) in [6, 6.07) is 0. The van der Waals surface area contributed by atoms with Crippen LogP contribution in [-0.4, -0.2) is 63.6 Å². The number of carboxylic acids is 1. The highest BCUT2D eigenvalue weighted by Gasteiger charge is 2.44. The first-order valence-electron chi connectivity index (χ1n) is 4.69. The Labute approximate surface area is 95.7 Å². The molecule has 96 valence electrons. The predicted molar refractivity (Wildman–Crippen MR) is 50.6 cm³/mol. The van der Waals surface area contributed by atoms with Crippen molar-refractivity contribution in [3.05, 3.63) is 12.2 Å². The van der Waals surface area contributed by atoms with Gasteiger partial charge in [-0.1, -0.05) is 0 Å². The van der Waals surface area contributed by atoms with Gasteiger partial charge >= 0.3 is 11.9 Å². The summed E-state index contributed by atoms with van der Waals surface area (Å²) in [6.45, 7) is -0.544. The number of rotatable bonds is 4. The Morgan fingerprint density at radius 1 is 1.24 bits per heavy atom. The molecule has 0 radical (unpaired) electrons. The molecule has 1 fully saturated rings. The number of hydrogen-bond acceptors (Lipinski definition) is 7. The van der Waals surface area contributed by atoms with Crippen molar-refractivity contribution in [1.82, 2.24) is 0 Å². The van der Waals surface area contributed by atoms with Gasteiger partial charge in [-0.05, 0) is 0 Å². The zero-order valence-electron chi connectivity index (χ0n) is 8.59. The van der Waals surface area contributed by atoms with Gasteiger partial charge in [-0.3, -0.25) is 0 Å². The van der Waals surface area contributed by atoms with Crippen LogP contribution < -0.4 is 0 Å². The predicted octanol–water partition coefficient (Wildman–Crippen LogP) is -2.39. The maximum atomic E-state index is 11.0. The first-order valence-corrected chi connectivity index (χ1v) is 4.69. The summed E-state index contributed by atoms with van der Waals surface area (Å²) in [5.74, 6) is -2.37. The Hall–Kier alpha value is -1.48. The summed E-state index contributed by atoms with van der Waals surface area (Å²) in [5, 5.41) is 35.7. The van der Waals surface area contributed by atoms with E-state index in [9.17, 15) is 19.8 Å². The van der Waals surface area contributed by atoms with Crippen molar-refractivity contribution >= 4 is 11.9 Å². The summed E-state index contributed by atoms with van der Waals surface area (Å²) in [6.07, 6.45) is -4.16. The van der Waals surface area contributed by atoms with Crippen molar-refractivity contribution in [1.29, 1.82) is 0 Å². The van der Waals surface area contributed by atoms with Gasteiger partial charge in [0.25, 0.3) is 0 Å². The van der Waals surface area contributed by atoms with E-state index in [0.717, 1.165) is 0 Å². The molecule has 0 aliphatic carbocycles. The third kappa shape index (κ3) is 3.49. The van der Waals surface area contributed by atoms with Crippen molar-refractivity contribution in [3.8, 4) is 0 Å². The molecule has 8 heteroatoms. The topological polar surface area (TPSA) is 134 Å². The highest BCUT2D eigenvalue weighted by Crippen LogP contribution is 2.21. The minimum absolute atomic E-state index is 0.544. The number of carboxylic acid groups (broad SMARTS) is 1. The van der Waals surface area contributed by atoms with E-state index in [1.165, 1.54) is 0 Å². The highest BCUT2D eigenvalue weighted by atomic mass is 16.7. The summed E-state index contributed by atoms with van der Waals surface area (Å²) in [7, 11) is 0. The van der Waals surface area contributed by atoms with Crippen LogP contribution in [0.4, 0.5) is 0 Å². The Morgan fingerprint density at radius 3 is 2.35 bits per heavy atom. The number of aliphatic hydroxyl groups is 3. The molecule has 4 N–H and O–H groups in total. The maximum absolute atomic E-state index is 11.0. The lowest BCUT2D eigenvalue weighted by Gasteiger charge is -2.13. The van der Waals surface area contributed by atoms with Crippen LogP contribution in [0.2, 0.25) is 0 Å². The van der Waals surface area contributed by atoms with E-state index in [2.05, 4.69) is 4.74 Å². The molecule has 0 aromatic carbocycles. The molecule has 1 saturated heterocycles. The summed E-state index contributed by atoms with van der Waals surface area (Å²) in [4.78, 5) is 21.2. The van der Waals surface area contributed by atoms with E-state index >= 15 is 0 Å². The molecule has 0 saturated carbocycles. The van der Waals surface area contributed by atoms with Gasteiger partial charge < -0.3 is 29.9 Å². The lowest BCUT2D eigenvalue weighted by Crippen LogP contribution is -2.35. The second-order valence-corrected chi connectivity index (χ2v) is 3.32. The van der Waals surface area contributed by atoms with Crippen LogP contribution in [0.25, 0.3) is 0 Å². The minimum Gasteiger partial charge on any atom is -0.478 e. The number of hydrogen-bond donors (Lipinski definition) is 4. The number of aliphatic carboxylic acids is 1. The van der Waals surface area contributed by atoms with Crippen LogP contribution in [0.5, 0.6) is 0 Å². The summed E-state index contributed by atoms with van der Waals surface area (Å²) < 4.78 is 9.38. The number of esters is 1. The second-order valence-electron chi connectivity index (χ2n) is 3.32. The quantitative estimate of drug-likeness (QED) is 0.320. The van der Waals surface area contributed by atoms with Crippen molar-refractivity contribution in [2.45, 2.75) is 24.6 Å². The van der Waals surface area contributed by atoms with Gasteiger partial charge in [0.05, 0.1) is 6.61 Å². The lowest BCUT2D eigenvalue weighted by molar-refractivity contribution is -0.184. The highest BCUT2D eigenvalue weighted by molar-refractivity contribution is 5.90. The molecule has 1 heterocycles. The molecule has 0 aromatic heterocycles. The molecule has 0 bridgehead atoms. The molecular weight excluding hydrogens is 236 g/mol. The number of aliphatic hydroxyl groups excluding tert-OH is 3. The Morgan fingerprint density at radius 2 is 1.88 bits per heavy atom. The molecule has 0 amide bonds. The van der Waals surface area contributed by atoms with Crippen LogP contribution >= 0.6 is 0 Å². The molecule has 1 unspecified atom stereocenters. The van der Waals surface area contributed by atoms with Crippen LogP contribution in [0.15, 0.2) is 12.2 Å². The van der Waals surface area contributed by atoms with Crippen molar-refractivity contribution < 1.29 is 39.5 Å². The molecule has 8 nitrogen and oxygen atoms in total. The second kappa shape index (κ2) is 5.73. The average molecular weight is 248 g/mol. The smallest absolute Gasteiger partial charge is 0.333 e. The lowest BCUT2D eigenvalue weighted by atomic mass is 10.1. The Kier molecular flexibility index (Phi) is 4.58. The molecule has 1 aliphatic rings. The first kappa shape index (κ1) is 13.6. The zero-order valence-corrected chi connectivity index (χ0v) is 8.59. The maximum Gasteiger partial charge on any atom is 0.333 e. The molecule has 0 aromatic rings. The molecular formula is C9H12O8. The van der Waals surface area contributed by atoms with Gasteiger partial charge in [0.2, 0.25) is 6.29 Å². The fourth-order valence-corrected chi connectivity index (χ4v) is 1.26. The van der Waals surface area contributed by atoms with Gasteiger partial charge in [0.15, 0.2) is 0 Å². The van der Waals surface area contributed by atoms with E-state index in [1.54, 1.807) is 0 Å². The average Bonchev–Trinajstić information content (AvgIpc) is 2.54. The molecule has 4 atom stereocenters. The SMILES string of the molecule is O=C(O)/C=C/C(=O)OC1O[C@H](CO)[C@@H](O)[C@H]1O. The zero-order chi connectivity index (χ0) is 13.0. The fourth-order valence-electron chi connectivity index (χ4n) is 1.26. The van der Waals surface area contributed by atoms with Crippen LogP contribution in [-0.2, 0) is 19.1 Å². The number of carbonyl (C=O) groups is 2. The number of carbonyl (C=O) groups excluding carboxylic acids is 1. The Balaban J connectivity index is 2.53. The van der Waals surface area contributed by atoms with Crippen molar-refractivity contribution in [3.63, 3.8) is 0 Å². The van der Waals surface area contributed by atoms with E-state index in [4.69, 9.17) is 14.9 Å². The standard InChI is InChI=1S/C9H12O8/c10-3-4-7(14)8(15)9(16-4)17-6(13)2-1-5(11)12/h1-2,4,7-10,14-15H,3H2,(H,11,12)/b2-1+/t4-,7-,8-,9?/m1/s1. The summed E-state index contributed by atoms with van der Waals surface area (Å²) in [5.41, 5.74) is 0. The van der Waals surface area contributed by atoms with Gasteiger partial charge in [0.1, 0.15) is 18.3 Å². The minimum atomic E-state index is -1.49. The van der Waals surface area contributed by atoms with E-state index in [-0.39, 0.29) is 0 Å². The molecule has 17 heavy (non-hydrogen) atoms. The molecule has 0 spiro atoms.